The summed E-state index contributed by atoms with van der Waals surface area (Å²) in [5.74, 6) is -0.229. The molecule has 0 aliphatic carbocycles. The lowest BCUT2D eigenvalue weighted by Gasteiger charge is -2.10. The smallest absolute Gasteiger partial charge is 0.257 e. The molecular weight excluding hydrogens is 249 g/mol. The van der Waals surface area contributed by atoms with Gasteiger partial charge in [-0.2, -0.15) is 0 Å². The number of rotatable bonds is 6. The van der Waals surface area contributed by atoms with Crippen molar-refractivity contribution in [2.75, 3.05) is 19.8 Å². The average molecular weight is 267 g/mol. The molecule has 1 heterocycles. The van der Waals surface area contributed by atoms with Crippen molar-refractivity contribution < 1.29 is 18.7 Å². The predicted molar refractivity (Wildman–Crippen MR) is 68.5 cm³/mol. The molecule has 1 atom stereocenters. The third-order valence-corrected chi connectivity index (χ3v) is 2.98. The fraction of sp³-hybridized carbons (Fsp3) is 0.500. The molecule has 1 saturated heterocycles. The van der Waals surface area contributed by atoms with E-state index < -0.39 is 0 Å². The lowest BCUT2D eigenvalue weighted by Crippen LogP contribution is -2.31. The van der Waals surface area contributed by atoms with Gasteiger partial charge >= 0.3 is 0 Å². The summed E-state index contributed by atoms with van der Waals surface area (Å²) < 4.78 is 23.5. The lowest BCUT2D eigenvalue weighted by atomic mass is 10.2. The Morgan fingerprint density at radius 2 is 2.42 bits per heavy atom. The summed E-state index contributed by atoms with van der Waals surface area (Å²) in [6, 6.07) is 5.73. The molecule has 0 aromatic heterocycles. The molecule has 1 aromatic carbocycles. The first-order chi connectivity index (χ1) is 9.24. The Balaban J connectivity index is 1.61. The molecule has 1 aliphatic heterocycles. The maximum absolute atomic E-state index is 12.9. The molecule has 5 heteroatoms. The molecule has 1 aromatic rings. The third kappa shape index (κ3) is 4.87. The summed E-state index contributed by atoms with van der Waals surface area (Å²) in [5, 5.41) is 2.76. The number of hydrogen-bond donors (Lipinski definition) is 1. The van der Waals surface area contributed by atoms with Gasteiger partial charge in [0.25, 0.3) is 5.91 Å². The molecule has 4 nitrogen and oxygen atoms in total. The number of hydrogen-bond acceptors (Lipinski definition) is 3. The maximum Gasteiger partial charge on any atom is 0.257 e. The van der Waals surface area contributed by atoms with E-state index in [1.165, 1.54) is 12.1 Å². The summed E-state index contributed by atoms with van der Waals surface area (Å²) >= 11 is 0. The molecule has 0 spiro atoms. The van der Waals surface area contributed by atoms with Crippen LogP contribution in [0.1, 0.15) is 19.3 Å². The van der Waals surface area contributed by atoms with Crippen LogP contribution in [0, 0.1) is 5.82 Å². The Morgan fingerprint density at radius 1 is 1.53 bits per heavy atom. The van der Waals surface area contributed by atoms with Crippen LogP contribution in [-0.4, -0.2) is 31.8 Å². The van der Waals surface area contributed by atoms with Gasteiger partial charge in [-0.05, 0) is 31.4 Å². The van der Waals surface area contributed by atoms with Gasteiger partial charge in [0.2, 0.25) is 0 Å². The first-order valence-electron chi connectivity index (χ1n) is 6.51. The minimum atomic E-state index is -0.378. The number of amides is 1. The van der Waals surface area contributed by atoms with E-state index in [1.54, 1.807) is 12.1 Å². The van der Waals surface area contributed by atoms with E-state index >= 15 is 0 Å². The van der Waals surface area contributed by atoms with Gasteiger partial charge in [0.05, 0.1) is 6.10 Å². The zero-order valence-electron chi connectivity index (χ0n) is 10.7. The summed E-state index contributed by atoms with van der Waals surface area (Å²) in [6.45, 7) is 1.30. The van der Waals surface area contributed by atoms with E-state index in [0.717, 1.165) is 25.9 Å². The van der Waals surface area contributed by atoms with Crippen molar-refractivity contribution in [3.63, 3.8) is 0 Å². The number of benzene rings is 1. The number of halogens is 1. The molecule has 1 unspecified atom stereocenters. The van der Waals surface area contributed by atoms with Gasteiger partial charge in [-0.25, -0.2) is 4.39 Å². The van der Waals surface area contributed by atoms with Crippen LogP contribution < -0.4 is 10.1 Å². The molecule has 1 N–H and O–H groups in total. The number of ether oxygens (including phenoxy) is 2. The van der Waals surface area contributed by atoms with E-state index in [-0.39, 0.29) is 24.4 Å². The topological polar surface area (TPSA) is 47.6 Å². The van der Waals surface area contributed by atoms with Crippen LogP contribution in [-0.2, 0) is 9.53 Å². The summed E-state index contributed by atoms with van der Waals surface area (Å²) in [7, 11) is 0. The molecule has 0 saturated carbocycles. The average Bonchev–Trinajstić information content (AvgIpc) is 2.90. The molecule has 2 rings (SSSR count). The highest BCUT2D eigenvalue weighted by molar-refractivity contribution is 5.77. The van der Waals surface area contributed by atoms with Crippen LogP contribution in [0.2, 0.25) is 0 Å². The molecule has 1 fully saturated rings. The zero-order chi connectivity index (χ0) is 13.5. The van der Waals surface area contributed by atoms with Gasteiger partial charge in [0.1, 0.15) is 11.6 Å². The Labute approximate surface area is 111 Å². The van der Waals surface area contributed by atoms with Crippen LogP contribution in [0.4, 0.5) is 4.39 Å². The third-order valence-electron chi connectivity index (χ3n) is 2.98. The van der Waals surface area contributed by atoms with E-state index in [1.807, 2.05) is 0 Å². The van der Waals surface area contributed by atoms with Crippen LogP contribution in [0.5, 0.6) is 5.75 Å². The van der Waals surface area contributed by atoms with Gasteiger partial charge in [-0.1, -0.05) is 6.07 Å². The maximum atomic E-state index is 12.9. The Kier molecular flexibility index (Phi) is 5.15. The van der Waals surface area contributed by atoms with Gasteiger partial charge in [-0.3, -0.25) is 4.79 Å². The fourth-order valence-electron chi connectivity index (χ4n) is 2.00. The van der Waals surface area contributed by atoms with Crippen molar-refractivity contribution in [3.8, 4) is 5.75 Å². The van der Waals surface area contributed by atoms with E-state index in [4.69, 9.17) is 9.47 Å². The highest BCUT2D eigenvalue weighted by Gasteiger charge is 2.15. The Bertz CT molecular complexity index is 419. The van der Waals surface area contributed by atoms with E-state index in [0.29, 0.717) is 12.3 Å². The second kappa shape index (κ2) is 7.09. The normalized spacial score (nSPS) is 18.3. The summed E-state index contributed by atoms with van der Waals surface area (Å²) in [4.78, 5) is 11.5. The molecule has 1 amide bonds. The molecule has 1 aliphatic rings. The number of nitrogens with one attached hydrogen (secondary N) is 1. The highest BCUT2D eigenvalue weighted by Crippen LogP contribution is 2.14. The molecule has 0 bridgehead atoms. The van der Waals surface area contributed by atoms with Crippen molar-refractivity contribution in [2.24, 2.45) is 0 Å². The molecular formula is C14H18FNO3. The Morgan fingerprint density at radius 3 is 3.16 bits per heavy atom. The molecule has 19 heavy (non-hydrogen) atoms. The largest absolute Gasteiger partial charge is 0.484 e. The van der Waals surface area contributed by atoms with Crippen molar-refractivity contribution in [2.45, 2.75) is 25.4 Å². The van der Waals surface area contributed by atoms with Gasteiger partial charge in [0, 0.05) is 19.2 Å². The van der Waals surface area contributed by atoms with Gasteiger partial charge in [-0.15, -0.1) is 0 Å². The van der Waals surface area contributed by atoms with Crippen molar-refractivity contribution in [1.29, 1.82) is 0 Å². The quantitative estimate of drug-likeness (QED) is 0.856. The summed E-state index contributed by atoms with van der Waals surface area (Å²) in [5.41, 5.74) is 0. The van der Waals surface area contributed by atoms with Crippen LogP contribution in [0.3, 0.4) is 0 Å². The lowest BCUT2D eigenvalue weighted by molar-refractivity contribution is -0.123. The van der Waals surface area contributed by atoms with Crippen molar-refractivity contribution in [3.05, 3.63) is 30.1 Å². The van der Waals surface area contributed by atoms with E-state index in [2.05, 4.69) is 5.32 Å². The predicted octanol–water partition coefficient (Wildman–Crippen LogP) is 1.89. The van der Waals surface area contributed by atoms with Crippen LogP contribution in [0.25, 0.3) is 0 Å². The first kappa shape index (κ1) is 13.8. The standard InChI is InChI=1S/C14H18FNO3/c15-11-3-1-4-13(9-11)19-10-14(17)16-7-6-12-5-2-8-18-12/h1,3-4,9,12H,2,5-8,10H2,(H,16,17). The zero-order valence-corrected chi connectivity index (χ0v) is 10.7. The van der Waals surface area contributed by atoms with Crippen LogP contribution in [0.15, 0.2) is 24.3 Å². The fourth-order valence-corrected chi connectivity index (χ4v) is 2.00. The van der Waals surface area contributed by atoms with Crippen molar-refractivity contribution in [1.82, 2.24) is 5.32 Å². The number of carbonyl (C=O) groups excluding carboxylic acids is 1. The van der Waals surface area contributed by atoms with Gasteiger partial charge < -0.3 is 14.8 Å². The van der Waals surface area contributed by atoms with E-state index in [9.17, 15) is 9.18 Å². The second-order valence-electron chi connectivity index (χ2n) is 4.52. The minimum absolute atomic E-state index is 0.102. The van der Waals surface area contributed by atoms with Crippen molar-refractivity contribution >= 4 is 5.91 Å². The molecule has 0 radical (unpaired) electrons. The van der Waals surface area contributed by atoms with Crippen LogP contribution >= 0.6 is 0 Å². The number of carbonyl (C=O) groups is 1. The summed E-state index contributed by atoms with van der Waals surface area (Å²) in [6.07, 6.45) is 3.26. The minimum Gasteiger partial charge on any atom is -0.484 e. The second-order valence-corrected chi connectivity index (χ2v) is 4.52. The Hall–Kier alpha value is -1.62. The highest BCUT2D eigenvalue weighted by atomic mass is 19.1. The van der Waals surface area contributed by atoms with Gasteiger partial charge in [0.15, 0.2) is 6.61 Å². The monoisotopic (exact) mass is 267 g/mol. The molecule has 104 valence electrons. The first-order valence-corrected chi connectivity index (χ1v) is 6.51. The SMILES string of the molecule is O=C(COc1cccc(F)c1)NCCC1CCCO1.